The van der Waals surface area contributed by atoms with Crippen LogP contribution in [-0.4, -0.2) is 51.3 Å². The van der Waals surface area contributed by atoms with Gasteiger partial charge in [0.2, 0.25) is 10.0 Å². The van der Waals surface area contributed by atoms with Crippen LogP contribution in [-0.2, 0) is 20.9 Å². The van der Waals surface area contributed by atoms with E-state index in [4.69, 9.17) is 4.43 Å². The SMILES string of the molecule is CC(C)(Cc1cccc(C(=O)O)c1)NC[C@H](O[Si](C)(C)C(C)(C)C)c1ccc(O)c(NS(C)(=O)=O)c1. The highest BCUT2D eigenvalue weighted by Gasteiger charge is 2.40. The molecule has 4 N–H and O–H groups in total. The van der Waals surface area contributed by atoms with Crippen molar-refractivity contribution in [3.63, 3.8) is 0 Å². The average molecular weight is 537 g/mol. The Hall–Kier alpha value is -2.40. The molecule has 0 saturated heterocycles. The summed E-state index contributed by atoms with van der Waals surface area (Å²) in [5.41, 5.74) is 1.59. The summed E-state index contributed by atoms with van der Waals surface area (Å²) in [6, 6.07) is 11.7. The van der Waals surface area contributed by atoms with E-state index in [9.17, 15) is 23.4 Å². The van der Waals surface area contributed by atoms with Crippen LogP contribution >= 0.6 is 0 Å². The Labute approximate surface area is 216 Å². The largest absolute Gasteiger partial charge is 0.506 e. The molecular formula is C26H40N2O6SSi. The Balaban J connectivity index is 2.34. The van der Waals surface area contributed by atoms with Gasteiger partial charge in [0.1, 0.15) is 5.75 Å². The van der Waals surface area contributed by atoms with E-state index in [1.54, 1.807) is 30.3 Å². The molecule has 0 saturated carbocycles. The highest BCUT2D eigenvalue weighted by molar-refractivity contribution is 7.92. The first kappa shape index (κ1) is 29.8. The monoisotopic (exact) mass is 536 g/mol. The third-order valence-electron chi connectivity index (χ3n) is 6.52. The zero-order valence-corrected chi connectivity index (χ0v) is 24.3. The predicted octanol–water partition coefficient (Wildman–Crippen LogP) is 5.14. The molecule has 0 aliphatic heterocycles. The molecular weight excluding hydrogens is 496 g/mol. The summed E-state index contributed by atoms with van der Waals surface area (Å²) in [5, 5.41) is 23.0. The van der Waals surface area contributed by atoms with Crippen LogP contribution in [0.1, 0.15) is 62.2 Å². The van der Waals surface area contributed by atoms with Crippen LogP contribution in [0.3, 0.4) is 0 Å². The lowest BCUT2D eigenvalue weighted by Gasteiger charge is -2.40. The second-order valence-electron chi connectivity index (χ2n) is 11.5. The number of carboxylic acid groups (broad SMARTS) is 1. The van der Waals surface area contributed by atoms with E-state index < -0.39 is 36.0 Å². The maximum Gasteiger partial charge on any atom is 0.335 e. The van der Waals surface area contributed by atoms with Crippen LogP contribution in [0.4, 0.5) is 5.69 Å². The molecule has 0 unspecified atom stereocenters. The number of aromatic hydroxyl groups is 1. The van der Waals surface area contributed by atoms with E-state index in [1.807, 2.05) is 19.9 Å². The minimum absolute atomic E-state index is 0.0528. The molecule has 0 amide bonds. The van der Waals surface area contributed by atoms with Crippen molar-refractivity contribution < 1.29 is 27.9 Å². The number of aromatic carboxylic acids is 1. The van der Waals surface area contributed by atoms with Crippen molar-refractivity contribution in [3.8, 4) is 5.75 Å². The fourth-order valence-electron chi connectivity index (χ4n) is 3.55. The zero-order valence-electron chi connectivity index (χ0n) is 22.5. The standard InChI is InChI=1S/C26H40N2O6SSi/c1-25(2,3)36(7,8)34-23(19-12-13-22(29)21(15-19)28-35(6,32)33)17-27-26(4,5)16-18-10-9-11-20(14-18)24(30)31/h9-15,23,27-29H,16-17H2,1-8H3,(H,30,31)/t23-/m0/s1. The molecule has 0 aliphatic rings. The highest BCUT2D eigenvalue weighted by Crippen LogP contribution is 2.40. The van der Waals surface area contributed by atoms with Gasteiger partial charge >= 0.3 is 5.97 Å². The number of hydrogen-bond acceptors (Lipinski definition) is 6. The van der Waals surface area contributed by atoms with E-state index >= 15 is 0 Å². The van der Waals surface area contributed by atoms with Gasteiger partial charge in [0.25, 0.3) is 0 Å². The Morgan fingerprint density at radius 1 is 1.08 bits per heavy atom. The number of rotatable bonds is 11. The average Bonchev–Trinajstić information content (AvgIpc) is 2.71. The minimum atomic E-state index is -3.58. The normalized spacial score (nSPS) is 13.9. The fourth-order valence-corrected chi connectivity index (χ4v) is 5.40. The second-order valence-corrected chi connectivity index (χ2v) is 18.0. The molecule has 36 heavy (non-hydrogen) atoms. The number of hydrogen-bond donors (Lipinski definition) is 4. The number of carbonyl (C=O) groups is 1. The quantitative estimate of drug-likeness (QED) is 0.232. The van der Waals surface area contributed by atoms with Gasteiger partial charge in [-0.05, 0) is 73.8 Å². The smallest absolute Gasteiger partial charge is 0.335 e. The van der Waals surface area contributed by atoms with Crippen LogP contribution < -0.4 is 10.0 Å². The van der Waals surface area contributed by atoms with Crippen molar-refractivity contribution >= 4 is 30.0 Å². The van der Waals surface area contributed by atoms with Crippen molar-refractivity contribution in [2.45, 2.75) is 70.8 Å². The summed E-state index contributed by atoms with van der Waals surface area (Å²) >= 11 is 0. The number of anilines is 1. The number of phenols is 1. The van der Waals surface area contributed by atoms with Crippen LogP contribution in [0.2, 0.25) is 18.1 Å². The number of sulfonamides is 1. The zero-order chi connectivity index (χ0) is 27.5. The number of phenolic OH excluding ortho intramolecular Hbond substituents is 1. The summed E-state index contributed by atoms with van der Waals surface area (Å²) in [6.07, 6.45) is 1.22. The van der Waals surface area contributed by atoms with Gasteiger partial charge in [-0.1, -0.05) is 39.0 Å². The molecule has 0 aliphatic carbocycles. The third-order valence-corrected chi connectivity index (χ3v) is 11.6. The second kappa shape index (κ2) is 10.9. The molecule has 0 heterocycles. The van der Waals surface area contributed by atoms with E-state index in [1.165, 1.54) is 6.07 Å². The van der Waals surface area contributed by atoms with E-state index in [0.717, 1.165) is 17.4 Å². The maximum atomic E-state index is 11.8. The summed E-state index contributed by atoms with van der Waals surface area (Å²) in [7, 11) is -5.81. The lowest BCUT2D eigenvalue weighted by molar-refractivity contribution is 0.0696. The maximum absolute atomic E-state index is 11.8. The fraction of sp³-hybridized carbons (Fsp3) is 0.500. The molecule has 0 radical (unpaired) electrons. The van der Waals surface area contributed by atoms with Gasteiger partial charge in [-0.2, -0.15) is 0 Å². The molecule has 0 spiro atoms. The molecule has 2 aromatic rings. The van der Waals surface area contributed by atoms with Crippen LogP contribution in [0.5, 0.6) is 5.75 Å². The molecule has 0 bridgehead atoms. The van der Waals surface area contributed by atoms with Gasteiger partial charge in [-0.3, -0.25) is 4.72 Å². The molecule has 2 aromatic carbocycles. The molecule has 2 rings (SSSR count). The van der Waals surface area contributed by atoms with Gasteiger partial charge in [0.05, 0.1) is 23.6 Å². The van der Waals surface area contributed by atoms with Gasteiger partial charge < -0.3 is 20.0 Å². The molecule has 0 aromatic heterocycles. The van der Waals surface area contributed by atoms with Crippen molar-refractivity contribution in [3.05, 3.63) is 59.2 Å². The number of carboxylic acids is 1. The molecule has 200 valence electrons. The van der Waals surface area contributed by atoms with E-state index in [2.05, 4.69) is 43.9 Å². The predicted molar refractivity (Wildman–Crippen MR) is 147 cm³/mol. The van der Waals surface area contributed by atoms with Gasteiger partial charge in [0.15, 0.2) is 8.32 Å². The minimum Gasteiger partial charge on any atom is -0.506 e. The number of nitrogens with one attached hydrogen (secondary N) is 2. The van der Waals surface area contributed by atoms with E-state index in [0.29, 0.717) is 13.0 Å². The first-order valence-corrected chi connectivity index (χ1v) is 16.7. The Bertz CT molecular complexity index is 1190. The topological polar surface area (TPSA) is 125 Å². The lowest BCUT2D eigenvalue weighted by atomic mass is 9.93. The first-order valence-electron chi connectivity index (χ1n) is 11.9. The van der Waals surface area contributed by atoms with E-state index in [-0.39, 0.29) is 22.0 Å². The number of benzene rings is 2. The Morgan fingerprint density at radius 3 is 2.28 bits per heavy atom. The summed E-state index contributed by atoms with van der Waals surface area (Å²) < 4.78 is 32.7. The summed E-state index contributed by atoms with van der Waals surface area (Å²) in [4.78, 5) is 11.4. The Morgan fingerprint density at radius 2 is 1.72 bits per heavy atom. The summed E-state index contributed by atoms with van der Waals surface area (Å²) in [6.45, 7) is 15.3. The third kappa shape index (κ3) is 8.61. The summed E-state index contributed by atoms with van der Waals surface area (Å²) in [5.74, 6) is -1.13. The molecule has 1 atom stereocenters. The Kier molecular flexibility index (Phi) is 9.04. The van der Waals surface area contributed by atoms with Gasteiger partial charge in [0, 0.05) is 12.1 Å². The highest BCUT2D eigenvalue weighted by atomic mass is 32.2. The van der Waals surface area contributed by atoms with Crippen LogP contribution in [0.15, 0.2) is 42.5 Å². The van der Waals surface area contributed by atoms with Crippen LogP contribution in [0.25, 0.3) is 0 Å². The van der Waals surface area contributed by atoms with Gasteiger partial charge in [-0.15, -0.1) is 0 Å². The first-order chi connectivity index (χ1) is 16.3. The van der Waals surface area contributed by atoms with Gasteiger partial charge in [-0.25, -0.2) is 13.2 Å². The van der Waals surface area contributed by atoms with Crippen molar-refractivity contribution in [1.82, 2.24) is 5.32 Å². The molecule has 0 fully saturated rings. The van der Waals surface area contributed by atoms with Crippen LogP contribution in [0, 0.1) is 0 Å². The van der Waals surface area contributed by atoms with Crippen molar-refractivity contribution in [2.24, 2.45) is 0 Å². The lowest BCUT2D eigenvalue weighted by Crippen LogP contribution is -2.47. The molecule has 10 heteroatoms. The molecule has 8 nitrogen and oxygen atoms in total. The van der Waals surface area contributed by atoms with Crippen molar-refractivity contribution in [1.29, 1.82) is 0 Å². The van der Waals surface area contributed by atoms with Crippen molar-refractivity contribution in [2.75, 3.05) is 17.5 Å².